The molecule has 0 saturated carbocycles. The zero-order valence-corrected chi connectivity index (χ0v) is 18.7. The van der Waals surface area contributed by atoms with Gasteiger partial charge in [-0.25, -0.2) is 4.98 Å². The van der Waals surface area contributed by atoms with E-state index >= 15 is 0 Å². The summed E-state index contributed by atoms with van der Waals surface area (Å²) in [7, 11) is 1.57. The Morgan fingerprint density at radius 1 is 1.32 bits per heavy atom. The molecule has 0 spiro atoms. The molecule has 11 heteroatoms. The first-order valence-electron chi connectivity index (χ1n) is 9.33. The second kappa shape index (κ2) is 10.7. The third-order valence-corrected chi connectivity index (χ3v) is 5.81. The van der Waals surface area contributed by atoms with E-state index in [4.69, 9.17) is 4.74 Å². The maximum Gasteiger partial charge on any atom is 0.251 e. The Morgan fingerprint density at radius 2 is 2.10 bits per heavy atom. The molecule has 0 bridgehead atoms. The van der Waals surface area contributed by atoms with E-state index in [9.17, 15) is 9.59 Å². The van der Waals surface area contributed by atoms with Crippen LogP contribution in [0.4, 0.5) is 5.13 Å². The molecule has 31 heavy (non-hydrogen) atoms. The van der Waals surface area contributed by atoms with Crippen molar-refractivity contribution in [2.45, 2.75) is 24.7 Å². The standard InChI is InChI=1S/C20H22N6O3S2/c1-4-10-26-17(13(2)22-18(28)14-5-7-15(29-3)8-6-14)24-25-20(26)31-12-16(27)23-19-21-9-11-30-19/h4-9,11,13H,1,10,12H2,2-3H3,(H,22,28)(H,21,23,27)/t13-/m1/s1. The van der Waals surface area contributed by atoms with Crippen molar-refractivity contribution in [3.63, 3.8) is 0 Å². The first-order chi connectivity index (χ1) is 15.0. The molecule has 0 radical (unpaired) electrons. The molecule has 0 aliphatic carbocycles. The van der Waals surface area contributed by atoms with Crippen LogP contribution < -0.4 is 15.4 Å². The van der Waals surface area contributed by atoms with E-state index in [2.05, 4.69) is 32.4 Å². The summed E-state index contributed by atoms with van der Waals surface area (Å²) in [6, 6.07) is 6.44. The first-order valence-corrected chi connectivity index (χ1v) is 11.2. The predicted molar refractivity (Wildman–Crippen MR) is 121 cm³/mol. The van der Waals surface area contributed by atoms with Crippen LogP contribution in [0.2, 0.25) is 0 Å². The molecule has 2 N–H and O–H groups in total. The van der Waals surface area contributed by atoms with Crippen LogP contribution in [0.5, 0.6) is 5.75 Å². The number of rotatable bonds is 10. The highest BCUT2D eigenvalue weighted by Crippen LogP contribution is 2.22. The van der Waals surface area contributed by atoms with E-state index in [1.807, 2.05) is 11.5 Å². The number of aromatic nitrogens is 4. The summed E-state index contributed by atoms with van der Waals surface area (Å²) in [5.41, 5.74) is 0.510. The summed E-state index contributed by atoms with van der Waals surface area (Å²) < 4.78 is 6.94. The fourth-order valence-electron chi connectivity index (χ4n) is 2.69. The molecule has 2 heterocycles. The average molecular weight is 459 g/mol. The predicted octanol–water partition coefficient (Wildman–Crippen LogP) is 3.15. The van der Waals surface area contributed by atoms with Crippen LogP contribution in [-0.4, -0.2) is 44.4 Å². The first kappa shape index (κ1) is 22.5. The number of thioether (sulfide) groups is 1. The number of nitrogens with one attached hydrogen (secondary N) is 2. The van der Waals surface area contributed by atoms with E-state index in [0.717, 1.165) is 0 Å². The number of hydrogen-bond donors (Lipinski definition) is 2. The lowest BCUT2D eigenvalue weighted by Crippen LogP contribution is -2.28. The van der Waals surface area contributed by atoms with Crippen LogP contribution in [0.15, 0.2) is 53.7 Å². The highest BCUT2D eigenvalue weighted by atomic mass is 32.2. The van der Waals surface area contributed by atoms with Gasteiger partial charge in [-0.1, -0.05) is 17.8 Å². The number of ether oxygens (including phenoxy) is 1. The van der Waals surface area contributed by atoms with E-state index in [1.54, 1.807) is 49.0 Å². The van der Waals surface area contributed by atoms with Gasteiger partial charge in [-0.05, 0) is 31.2 Å². The Bertz CT molecular complexity index is 1030. The number of benzene rings is 1. The van der Waals surface area contributed by atoms with E-state index in [1.165, 1.54) is 23.1 Å². The molecule has 0 aliphatic rings. The summed E-state index contributed by atoms with van der Waals surface area (Å²) in [5.74, 6) is 0.984. The van der Waals surface area contributed by atoms with Gasteiger partial charge >= 0.3 is 0 Å². The van der Waals surface area contributed by atoms with E-state index < -0.39 is 6.04 Å². The molecule has 3 rings (SSSR count). The lowest BCUT2D eigenvalue weighted by molar-refractivity contribution is -0.113. The second-order valence-electron chi connectivity index (χ2n) is 6.34. The highest BCUT2D eigenvalue weighted by molar-refractivity contribution is 7.99. The molecular weight excluding hydrogens is 436 g/mol. The van der Waals surface area contributed by atoms with Crippen LogP contribution in [0.3, 0.4) is 0 Å². The van der Waals surface area contributed by atoms with Crippen molar-refractivity contribution >= 4 is 40.0 Å². The van der Waals surface area contributed by atoms with Gasteiger partial charge in [0.1, 0.15) is 5.75 Å². The van der Waals surface area contributed by atoms with Gasteiger partial charge in [0.15, 0.2) is 16.1 Å². The van der Waals surface area contributed by atoms with Crippen LogP contribution in [0.1, 0.15) is 29.1 Å². The van der Waals surface area contributed by atoms with Gasteiger partial charge in [-0.15, -0.1) is 28.1 Å². The molecule has 0 fully saturated rings. The summed E-state index contributed by atoms with van der Waals surface area (Å²) in [4.78, 5) is 28.7. The van der Waals surface area contributed by atoms with Crippen molar-refractivity contribution in [1.82, 2.24) is 25.1 Å². The summed E-state index contributed by atoms with van der Waals surface area (Å²) in [5, 5.41) is 17.0. The minimum atomic E-state index is -0.402. The maximum atomic E-state index is 12.6. The third-order valence-electron chi connectivity index (χ3n) is 4.16. The molecule has 3 aromatic rings. The molecule has 9 nitrogen and oxygen atoms in total. The molecule has 1 atom stereocenters. The Morgan fingerprint density at radius 3 is 2.74 bits per heavy atom. The van der Waals surface area contributed by atoms with Crippen LogP contribution in [0.25, 0.3) is 0 Å². The zero-order chi connectivity index (χ0) is 22.2. The Kier molecular flexibility index (Phi) is 7.79. The van der Waals surface area contributed by atoms with Crippen LogP contribution in [-0.2, 0) is 11.3 Å². The molecule has 1 aromatic carbocycles. The van der Waals surface area contributed by atoms with Crippen molar-refractivity contribution in [3.05, 3.63) is 59.9 Å². The molecule has 0 aliphatic heterocycles. The minimum Gasteiger partial charge on any atom is -0.497 e. The van der Waals surface area contributed by atoms with E-state index in [0.29, 0.717) is 34.0 Å². The Hall–Kier alpha value is -3.18. The van der Waals surface area contributed by atoms with Crippen molar-refractivity contribution in [3.8, 4) is 5.75 Å². The van der Waals surface area contributed by atoms with Crippen molar-refractivity contribution in [1.29, 1.82) is 0 Å². The number of methoxy groups -OCH3 is 1. The summed E-state index contributed by atoms with van der Waals surface area (Å²) in [6.07, 6.45) is 3.34. The van der Waals surface area contributed by atoms with Gasteiger partial charge in [-0.2, -0.15) is 0 Å². The van der Waals surface area contributed by atoms with E-state index in [-0.39, 0.29) is 17.6 Å². The van der Waals surface area contributed by atoms with Gasteiger partial charge < -0.3 is 19.9 Å². The summed E-state index contributed by atoms with van der Waals surface area (Å²) >= 11 is 2.61. The highest BCUT2D eigenvalue weighted by Gasteiger charge is 2.20. The number of thiazole rings is 1. The molecule has 162 valence electrons. The normalized spacial score (nSPS) is 11.5. The average Bonchev–Trinajstić information content (AvgIpc) is 3.42. The topological polar surface area (TPSA) is 111 Å². The van der Waals surface area contributed by atoms with Gasteiger partial charge in [0, 0.05) is 23.7 Å². The molecule has 0 saturated heterocycles. The lowest BCUT2D eigenvalue weighted by atomic mass is 10.2. The molecular formula is C20H22N6O3S2. The van der Waals surface area contributed by atoms with Crippen molar-refractivity contribution in [2.24, 2.45) is 0 Å². The number of nitrogens with zero attached hydrogens (tertiary/aromatic N) is 4. The number of anilines is 1. The smallest absolute Gasteiger partial charge is 0.251 e. The van der Waals surface area contributed by atoms with Gasteiger partial charge in [-0.3, -0.25) is 9.59 Å². The zero-order valence-electron chi connectivity index (χ0n) is 17.1. The number of hydrogen-bond acceptors (Lipinski definition) is 8. The van der Waals surface area contributed by atoms with Gasteiger partial charge in [0.2, 0.25) is 5.91 Å². The van der Waals surface area contributed by atoms with Crippen LogP contribution >= 0.6 is 23.1 Å². The lowest BCUT2D eigenvalue weighted by Gasteiger charge is -2.15. The number of carbonyl (C=O) groups excluding carboxylic acids is 2. The third kappa shape index (κ3) is 5.92. The number of amides is 2. The molecule has 2 amide bonds. The largest absolute Gasteiger partial charge is 0.497 e. The van der Waals surface area contributed by atoms with Gasteiger partial charge in [0.05, 0.1) is 18.9 Å². The number of allylic oxidation sites excluding steroid dienone is 1. The monoisotopic (exact) mass is 458 g/mol. The SMILES string of the molecule is C=CCn1c(SCC(=O)Nc2nccs2)nnc1[C@@H](C)NC(=O)c1ccc(OC)cc1. The maximum absolute atomic E-state index is 12.6. The summed E-state index contributed by atoms with van der Waals surface area (Å²) in [6.45, 7) is 6.05. The quantitative estimate of drug-likeness (QED) is 0.355. The Balaban J connectivity index is 1.65. The van der Waals surface area contributed by atoms with Gasteiger partial charge in [0.25, 0.3) is 5.91 Å². The molecule has 2 aromatic heterocycles. The number of carbonyl (C=O) groups is 2. The Labute approximate surface area is 187 Å². The van der Waals surface area contributed by atoms with Crippen LogP contribution in [0, 0.1) is 0 Å². The molecule has 0 unspecified atom stereocenters. The minimum absolute atomic E-state index is 0.154. The second-order valence-corrected chi connectivity index (χ2v) is 8.17. The van der Waals surface area contributed by atoms with Crippen molar-refractivity contribution in [2.75, 3.05) is 18.2 Å². The fraction of sp³-hybridized carbons (Fsp3) is 0.250. The fourth-order valence-corrected chi connectivity index (χ4v) is 3.99. The van der Waals surface area contributed by atoms with Crippen molar-refractivity contribution < 1.29 is 14.3 Å².